The molecule has 0 amide bonds. The maximum absolute atomic E-state index is 10.8. The Bertz CT molecular complexity index is 1380. The molecule has 0 bridgehead atoms. The van der Waals surface area contributed by atoms with Gasteiger partial charge in [0.05, 0.1) is 10.9 Å². The molecule has 4 aromatic carbocycles. The van der Waals surface area contributed by atoms with Crippen LogP contribution in [0.2, 0.25) is 5.02 Å². The van der Waals surface area contributed by atoms with Gasteiger partial charge < -0.3 is 19.9 Å². The zero-order chi connectivity index (χ0) is 20.1. The van der Waals surface area contributed by atoms with Crippen molar-refractivity contribution < 1.29 is 15.3 Å². The van der Waals surface area contributed by atoms with E-state index in [4.69, 9.17) is 11.6 Å². The van der Waals surface area contributed by atoms with Gasteiger partial charge in [0.1, 0.15) is 16.3 Å². The van der Waals surface area contributed by atoms with Crippen LogP contribution in [0.5, 0.6) is 17.2 Å². The number of hydrogen-bond acceptors (Lipinski definition) is 3. The van der Waals surface area contributed by atoms with Crippen LogP contribution in [0.4, 0.5) is 0 Å². The van der Waals surface area contributed by atoms with Crippen molar-refractivity contribution in [1.82, 2.24) is 4.57 Å². The van der Waals surface area contributed by atoms with Gasteiger partial charge in [-0.3, -0.25) is 0 Å². The molecule has 0 unspecified atom stereocenters. The van der Waals surface area contributed by atoms with Crippen molar-refractivity contribution in [3.8, 4) is 34.1 Å². The molecule has 4 nitrogen and oxygen atoms in total. The molecule has 142 valence electrons. The Morgan fingerprint density at radius 1 is 0.621 bits per heavy atom. The molecule has 1 heterocycles. The summed E-state index contributed by atoms with van der Waals surface area (Å²) < 4.78 is 1.85. The van der Waals surface area contributed by atoms with E-state index in [1.54, 1.807) is 0 Å². The number of hydrogen-bond donors (Lipinski definition) is 3. The van der Waals surface area contributed by atoms with Crippen LogP contribution in [0.25, 0.3) is 38.6 Å². The number of phenols is 3. The van der Waals surface area contributed by atoms with Crippen molar-refractivity contribution in [3.05, 3.63) is 83.9 Å². The number of phenolic OH excluding ortho intramolecular Hbond substituents is 3. The molecule has 1 aromatic heterocycles. The van der Waals surface area contributed by atoms with Crippen molar-refractivity contribution in [3.63, 3.8) is 0 Å². The van der Waals surface area contributed by atoms with Gasteiger partial charge in [-0.1, -0.05) is 78.3 Å². The van der Waals surface area contributed by atoms with E-state index in [-0.39, 0.29) is 16.5 Å². The number of nitrogens with zero attached hydrogens (tertiary/aromatic N) is 1. The van der Waals surface area contributed by atoms with Crippen molar-refractivity contribution in [2.75, 3.05) is 0 Å². The van der Waals surface area contributed by atoms with E-state index in [9.17, 15) is 15.3 Å². The Kier molecular flexibility index (Phi) is 3.89. The molecular formula is C24H16ClNO3. The zero-order valence-electron chi connectivity index (χ0n) is 15.2. The molecule has 0 radical (unpaired) electrons. The second-order valence-electron chi connectivity index (χ2n) is 6.82. The topological polar surface area (TPSA) is 65.6 Å². The lowest BCUT2D eigenvalue weighted by atomic mass is 10.0. The van der Waals surface area contributed by atoms with Crippen molar-refractivity contribution >= 4 is 33.4 Å². The number of para-hydroxylation sites is 2. The summed E-state index contributed by atoms with van der Waals surface area (Å²) in [5.41, 5.74) is 3.80. The molecule has 0 atom stereocenters. The normalized spacial score (nSPS) is 11.3. The van der Waals surface area contributed by atoms with Crippen LogP contribution in [0.1, 0.15) is 0 Å². The number of rotatable bonds is 2. The maximum atomic E-state index is 10.8. The van der Waals surface area contributed by atoms with E-state index in [0.29, 0.717) is 10.9 Å². The number of benzene rings is 4. The lowest BCUT2D eigenvalue weighted by Gasteiger charge is -2.12. The quantitative estimate of drug-likeness (QED) is 0.243. The third-order valence-electron chi connectivity index (χ3n) is 5.19. The van der Waals surface area contributed by atoms with Gasteiger partial charge in [-0.25, -0.2) is 0 Å². The van der Waals surface area contributed by atoms with Gasteiger partial charge >= 0.3 is 0 Å². The largest absolute Gasteiger partial charge is 0.505 e. The van der Waals surface area contributed by atoms with Gasteiger partial charge in [0.15, 0.2) is 11.5 Å². The van der Waals surface area contributed by atoms with Gasteiger partial charge in [-0.05, 0) is 17.7 Å². The minimum absolute atomic E-state index is 0.262. The third-order valence-corrected chi connectivity index (χ3v) is 5.55. The van der Waals surface area contributed by atoms with Crippen LogP contribution in [0.15, 0.2) is 78.9 Å². The highest BCUT2D eigenvalue weighted by Gasteiger charge is 2.26. The average molecular weight is 402 g/mol. The Morgan fingerprint density at radius 2 is 1.28 bits per heavy atom. The SMILES string of the molecule is Oc1c(Cl)c(O)c2c3cccc(-c4ccccc4)c3n(-c3ccccc3)c2c1O. The highest BCUT2D eigenvalue weighted by molar-refractivity contribution is 6.36. The number of aromatic hydroxyl groups is 3. The predicted octanol–water partition coefficient (Wildman–Crippen LogP) is 6.22. The van der Waals surface area contributed by atoms with Crippen LogP contribution in [0.3, 0.4) is 0 Å². The molecule has 5 heteroatoms. The van der Waals surface area contributed by atoms with E-state index in [1.165, 1.54) is 0 Å². The van der Waals surface area contributed by atoms with Crippen molar-refractivity contribution in [1.29, 1.82) is 0 Å². The van der Waals surface area contributed by atoms with Gasteiger partial charge in [0.25, 0.3) is 0 Å². The summed E-state index contributed by atoms with van der Waals surface area (Å²) in [4.78, 5) is 0. The summed E-state index contributed by atoms with van der Waals surface area (Å²) in [7, 11) is 0. The summed E-state index contributed by atoms with van der Waals surface area (Å²) in [6, 6.07) is 25.1. The molecule has 0 saturated carbocycles. The van der Waals surface area contributed by atoms with E-state index in [1.807, 2.05) is 83.4 Å². The molecule has 29 heavy (non-hydrogen) atoms. The first-order valence-electron chi connectivity index (χ1n) is 9.10. The Labute approximate surface area is 171 Å². The summed E-state index contributed by atoms with van der Waals surface area (Å²) in [5, 5.41) is 32.7. The summed E-state index contributed by atoms with van der Waals surface area (Å²) in [6.07, 6.45) is 0. The van der Waals surface area contributed by atoms with Gasteiger partial charge in [-0.2, -0.15) is 0 Å². The maximum Gasteiger partial charge on any atom is 0.184 e. The third kappa shape index (κ3) is 2.46. The summed E-state index contributed by atoms with van der Waals surface area (Å²) >= 11 is 6.11. The number of aromatic nitrogens is 1. The highest BCUT2D eigenvalue weighted by atomic mass is 35.5. The fourth-order valence-corrected chi connectivity index (χ4v) is 4.11. The Morgan fingerprint density at radius 3 is 1.97 bits per heavy atom. The first kappa shape index (κ1) is 17.5. The fraction of sp³-hybridized carbons (Fsp3) is 0. The zero-order valence-corrected chi connectivity index (χ0v) is 15.9. The van der Waals surface area contributed by atoms with E-state index >= 15 is 0 Å². The first-order valence-corrected chi connectivity index (χ1v) is 9.47. The minimum atomic E-state index is -0.544. The van der Waals surface area contributed by atoms with E-state index < -0.39 is 5.75 Å². The molecule has 5 rings (SSSR count). The fourth-order valence-electron chi connectivity index (χ4n) is 3.93. The second kappa shape index (κ2) is 6.47. The molecule has 0 saturated heterocycles. The van der Waals surface area contributed by atoms with Crippen LogP contribution < -0.4 is 0 Å². The monoisotopic (exact) mass is 401 g/mol. The number of halogens is 1. The van der Waals surface area contributed by atoms with Gasteiger partial charge in [0, 0.05) is 16.6 Å². The van der Waals surface area contributed by atoms with Gasteiger partial charge in [0.2, 0.25) is 0 Å². The Hall–Kier alpha value is -3.63. The first-order chi connectivity index (χ1) is 14.1. The van der Waals surface area contributed by atoms with Gasteiger partial charge in [-0.15, -0.1) is 0 Å². The number of fused-ring (bicyclic) bond motifs is 3. The summed E-state index contributed by atoms with van der Waals surface area (Å²) in [6.45, 7) is 0. The summed E-state index contributed by atoms with van der Waals surface area (Å²) in [5.74, 6) is -1.18. The molecule has 0 aliphatic carbocycles. The molecule has 0 spiro atoms. The van der Waals surface area contributed by atoms with Crippen LogP contribution >= 0.6 is 11.6 Å². The molecule has 3 N–H and O–H groups in total. The van der Waals surface area contributed by atoms with E-state index in [2.05, 4.69) is 0 Å². The lowest BCUT2D eigenvalue weighted by Crippen LogP contribution is -1.95. The van der Waals surface area contributed by atoms with Crippen LogP contribution in [0, 0.1) is 0 Å². The second-order valence-corrected chi connectivity index (χ2v) is 7.20. The lowest BCUT2D eigenvalue weighted by molar-refractivity contribution is 0.401. The van der Waals surface area contributed by atoms with Crippen molar-refractivity contribution in [2.45, 2.75) is 0 Å². The molecule has 0 fully saturated rings. The van der Waals surface area contributed by atoms with E-state index in [0.717, 1.165) is 27.7 Å². The molecule has 0 aliphatic rings. The standard InChI is InChI=1S/C24H16ClNO3/c25-19-22(27)18-17-13-7-12-16(14-8-3-1-4-9-14)20(17)26(15-10-5-2-6-11-15)21(18)24(29)23(19)28/h1-13,27-29H. The predicted molar refractivity (Wildman–Crippen MR) is 116 cm³/mol. The van der Waals surface area contributed by atoms with Crippen LogP contribution in [-0.2, 0) is 0 Å². The smallest absolute Gasteiger partial charge is 0.184 e. The average Bonchev–Trinajstić information content (AvgIpc) is 3.13. The molecule has 5 aromatic rings. The Balaban J connectivity index is 2.08. The highest BCUT2D eigenvalue weighted by Crippen LogP contribution is 2.52. The minimum Gasteiger partial charge on any atom is -0.505 e. The molecular weight excluding hydrogens is 386 g/mol. The molecule has 0 aliphatic heterocycles. The van der Waals surface area contributed by atoms with Crippen LogP contribution in [-0.4, -0.2) is 19.9 Å². The van der Waals surface area contributed by atoms with Crippen molar-refractivity contribution in [2.24, 2.45) is 0 Å².